The van der Waals surface area contributed by atoms with Crippen molar-refractivity contribution < 1.29 is 13.2 Å². The van der Waals surface area contributed by atoms with Gasteiger partial charge in [0.1, 0.15) is 0 Å². The zero-order valence-electron chi connectivity index (χ0n) is 13.5. The van der Waals surface area contributed by atoms with Gasteiger partial charge < -0.3 is 4.90 Å². The normalized spacial score (nSPS) is 17.0. The Morgan fingerprint density at radius 2 is 1.86 bits per heavy atom. The van der Waals surface area contributed by atoms with Crippen LogP contribution in [0.5, 0.6) is 0 Å². The molecule has 1 aliphatic heterocycles. The first-order valence-electron chi connectivity index (χ1n) is 7.36. The van der Waals surface area contributed by atoms with Crippen molar-refractivity contribution >= 4 is 15.9 Å². The van der Waals surface area contributed by atoms with E-state index >= 15 is 0 Å². The van der Waals surface area contributed by atoms with Crippen LogP contribution < -0.4 is 0 Å². The Kier molecular flexibility index (Phi) is 4.87. The summed E-state index contributed by atoms with van der Waals surface area (Å²) in [6.07, 6.45) is 2.53. The van der Waals surface area contributed by atoms with E-state index < -0.39 is 10.0 Å². The lowest BCUT2D eigenvalue weighted by Gasteiger charge is -2.35. The minimum Gasteiger partial charge on any atom is -0.338 e. The first-order chi connectivity index (χ1) is 10.2. The minimum absolute atomic E-state index is 0.0227. The molecule has 2 heterocycles. The number of nitrogens with zero attached hydrogens (tertiary/aromatic N) is 3. The summed E-state index contributed by atoms with van der Waals surface area (Å²) < 4.78 is 24.6. The molecule has 7 heteroatoms. The van der Waals surface area contributed by atoms with Crippen molar-refractivity contribution in [2.24, 2.45) is 0 Å². The van der Waals surface area contributed by atoms with Gasteiger partial charge in [-0.3, -0.25) is 9.78 Å². The Morgan fingerprint density at radius 3 is 2.36 bits per heavy atom. The number of carbonyl (C=O) groups is 1. The summed E-state index contributed by atoms with van der Waals surface area (Å²) in [6.45, 7) is 4.87. The molecule has 1 amide bonds. The molecule has 0 atom stereocenters. The van der Waals surface area contributed by atoms with Gasteiger partial charge in [0, 0.05) is 31.9 Å². The number of sulfonamides is 1. The monoisotopic (exact) mass is 325 g/mol. The smallest absolute Gasteiger partial charge is 0.255 e. The van der Waals surface area contributed by atoms with Gasteiger partial charge in [-0.25, -0.2) is 12.7 Å². The molecule has 1 aliphatic rings. The van der Waals surface area contributed by atoms with Crippen LogP contribution >= 0.6 is 0 Å². The molecule has 0 spiro atoms. The van der Waals surface area contributed by atoms with Crippen molar-refractivity contribution in [1.82, 2.24) is 14.2 Å². The Labute approximate surface area is 132 Å². The highest BCUT2D eigenvalue weighted by Gasteiger charge is 2.29. The quantitative estimate of drug-likeness (QED) is 0.837. The van der Waals surface area contributed by atoms with Crippen molar-refractivity contribution in [1.29, 1.82) is 0 Å². The summed E-state index contributed by atoms with van der Waals surface area (Å²) in [6, 6.07) is 3.62. The molecule has 1 fully saturated rings. The van der Waals surface area contributed by atoms with Crippen LogP contribution in [-0.4, -0.2) is 60.9 Å². The molecule has 0 aromatic carbocycles. The van der Waals surface area contributed by atoms with Crippen LogP contribution in [-0.2, 0) is 10.0 Å². The lowest BCUT2D eigenvalue weighted by molar-refractivity contribution is 0.0685. The Morgan fingerprint density at radius 1 is 1.27 bits per heavy atom. The maximum atomic E-state index is 12.6. The van der Waals surface area contributed by atoms with E-state index in [0.29, 0.717) is 31.5 Å². The fraction of sp³-hybridized carbons (Fsp3) is 0.600. The second kappa shape index (κ2) is 6.34. The number of likely N-dealkylation sites (tertiary alicyclic amines) is 1. The second-order valence-electron chi connectivity index (χ2n) is 5.89. The third-order valence-corrected chi connectivity index (χ3v) is 5.59. The van der Waals surface area contributed by atoms with Gasteiger partial charge in [-0.05, 0) is 38.8 Å². The van der Waals surface area contributed by atoms with Gasteiger partial charge in [0.15, 0.2) is 0 Å². The fourth-order valence-electron chi connectivity index (χ4n) is 2.79. The maximum Gasteiger partial charge on any atom is 0.255 e. The molecule has 0 radical (unpaired) electrons. The first-order valence-corrected chi connectivity index (χ1v) is 9.21. The molecule has 2 rings (SSSR count). The molecule has 1 saturated heterocycles. The van der Waals surface area contributed by atoms with E-state index in [0.717, 1.165) is 11.4 Å². The highest BCUT2D eigenvalue weighted by Crippen LogP contribution is 2.20. The largest absolute Gasteiger partial charge is 0.338 e. The number of rotatable bonds is 3. The van der Waals surface area contributed by atoms with Crippen LogP contribution in [0.4, 0.5) is 0 Å². The Balaban J connectivity index is 2.04. The molecule has 0 N–H and O–H groups in total. The molecule has 1 aromatic heterocycles. The van der Waals surface area contributed by atoms with E-state index in [9.17, 15) is 13.2 Å². The number of hydrogen-bond donors (Lipinski definition) is 0. The predicted octanol–water partition coefficient (Wildman–Crippen LogP) is 1.19. The van der Waals surface area contributed by atoms with Crippen molar-refractivity contribution in [3.8, 4) is 0 Å². The molecule has 6 nitrogen and oxygen atoms in total. The van der Waals surface area contributed by atoms with E-state index in [1.165, 1.54) is 10.6 Å². The third-order valence-electron chi connectivity index (χ3n) is 4.24. The van der Waals surface area contributed by atoms with Crippen LogP contribution in [0.25, 0.3) is 0 Å². The van der Waals surface area contributed by atoms with Crippen LogP contribution in [0.15, 0.2) is 12.1 Å². The second-order valence-corrected chi connectivity index (χ2v) is 7.93. The fourth-order valence-corrected chi connectivity index (χ4v) is 3.54. The molecule has 0 saturated carbocycles. The van der Waals surface area contributed by atoms with E-state index in [-0.39, 0.29) is 11.9 Å². The van der Waals surface area contributed by atoms with Crippen molar-refractivity contribution in [3.05, 3.63) is 29.1 Å². The van der Waals surface area contributed by atoms with Crippen LogP contribution in [0.3, 0.4) is 0 Å². The standard InChI is InChI=1S/C15H23N3O3S/c1-11-5-6-14(12(2)16-11)15(19)18-9-7-13(8-10-18)17(3)22(4,20)21/h5-6,13H,7-10H2,1-4H3. The number of amides is 1. The Bertz CT molecular complexity index is 665. The first kappa shape index (κ1) is 16.9. The molecule has 0 aliphatic carbocycles. The van der Waals surface area contributed by atoms with Crippen molar-refractivity contribution in [2.45, 2.75) is 32.7 Å². The molecule has 0 unspecified atom stereocenters. The molecule has 122 valence electrons. The zero-order valence-corrected chi connectivity index (χ0v) is 14.4. The topological polar surface area (TPSA) is 70.6 Å². The summed E-state index contributed by atoms with van der Waals surface area (Å²) in [5.74, 6) is -0.0227. The zero-order chi connectivity index (χ0) is 16.5. The summed E-state index contributed by atoms with van der Waals surface area (Å²) in [7, 11) is -1.58. The van der Waals surface area contributed by atoms with Gasteiger partial charge >= 0.3 is 0 Å². The average molecular weight is 325 g/mol. The summed E-state index contributed by atoms with van der Waals surface area (Å²) >= 11 is 0. The summed E-state index contributed by atoms with van der Waals surface area (Å²) in [5, 5.41) is 0. The molecule has 22 heavy (non-hydrogen) atoms. The van der Waals surface area contributed by atoms with Crippen molar-refractivity contribution in [2.75, 3.05) is 26.4 Å². The van der Waals surface area contributed by atoms with Gasteiger partial charge in [0.2, 0.25) is 10.0 Å². The summed E-state index contributed by atoms with van der Waals surface area (Å²) in [5.41, 5.74) is 2.25. The van der Waals surface area contributed by atoms with Gasteiger partial charge in [0.25, 0.3) is 5.91 Å². The SMILES string of the molecule is Cc1ccc(C(=O)N2CCC(N(C)S(C)(=O)=O)CC2)c(C)n1. The molecule has 0 bridgehead atoms. The number of piperidine rings is 1. The molecular weight excluding hydrogens is 302 g/mol. The van der Waals surface area contributed by atoms with Crippen LogP contribution in [0, 0.1) is 13.8 Å². The molecular formula is C15H23N3O3S. The van der Waals surface area contributed by atoms with Gasteiger partial charge in [-0.1, -0.05) is 0 Å². The van der Waals surface area contributed by atoms with Gasteiger partial charge in [-0.15, -0.1) is 0 Å². The van der Waals surface area contributed by atoms with Gasteiger partial charge in [0.05, 0.1) is 17.5 Å². The van der Waals surface area contributed by atoms with E-state index in [4.69, 9.17) is 0 Å². The number of hydrogen-bond acceptors (Lipinski definition) is 4. The predicted molar refractivity (Wildman–Crippen MR) is 85.2 cm³/mol. The number of aryl methyl sites for hydroxylation is 2. The van der Waals surface area contributed by atoms with E-state index in [1.807, 2.05) is 26.0 Å². The van der Waals surface area contributed by atoms with Gasteiger partial charge in [-0.2, -0.15) is 0 Å². The minimum atomic E-state index is -3.18. The lowest BCUT2D eigenvalue weighted by Crippen LogP contribution is -2.47. The maximum absolute atomic E-state index is 12.6. The van der Waals surface area contributed by atoms with Crippen LogP contribution in [0.2, 0.25) is 0 Å². The number of pyridine rings is 1. The lowest BCUT2D eigenvalue weighted by atomic mass is 10.0. The third kappa shape index (κ3) is 3.64. The summed E-state index contributed by atoms with van der Waals surface area (Å²) in [4.78, 5) is 18.7. The number of carbonyl (C=O) groups excluding carboxylic acids is 1. The van der Waals surface area contributed by atoms with E-state index in [1.54, 1.807) is 11.9 Å². The average Bonchev–Trinajstić information content (AvgIpc) is 2.45. The van der Waals surface area contributed by atoms with Crippen LogP contribution in [0.1, 0.15) is 34.6 Å². The van der Waals surface area contributed by atoms with Crippen molar-refractivity contribution in [3.63, 3.8) is 0 Å². The molecule has 1 aromatic rings. The van der Waals surface area contributed by atoms with E-state index in [2.05, 4.69) is 4.98 Å². The highest BCUT2D eigenvalue weighted by atomic mass is 32.2. The Hall–Kier alpha value is -1.47. The highest BCUT2D eigenvalue weighted by molar-refractivity contribution is 7.88. The number of aromatic nitrogens is 1.